The van der Waals surface area contributed by atoms with E-state index in [1.54, 1.807) is 6.07 Å². The zero-order valence-electron chi connectivity index (χ0n) is 18.9. The number of Topliss-reactive ketones (excluding diaryl/α,β-unsaturated/α-hetero) is 4. The van der Waals surface area contributed by atoms with Gasteiger partial charge in [-0.05, 0) is 55.9 Å². The molecule has 10 heteroatoms. The van der Waals surface area contributed by atoms with Crippen LogP contribution in [-0.4, -0.2) is 69.9 Å². The molecule has 0 aromatic heterocycles. The van der Waals surface area contributed by atoms with Crippen LogP contribution in [0.1, 0.15) is 22.3 Å². The zero-order chi connectivity index (χ0) is 25.6. The molecule has 0 saturated heterocycles. The number of carbonyl (C=O) groups excluding carboxylic acids is 5. The van der Waals surface area contributed by atoms with Gasteiger partial charge in [0.2, 0.25) is 5.91 Å². The molecule has 2 aromatic rings. The molecule has 9 nitrogen and oxygen atoms in total. The summed E-state index contributed by atoms with van der Waals surface area (Å²) < 4.78 is 13.8. The maximum Gasteiger partial charge on any atom is 0.235 e. The topological polar surface area (TPSA) is 155 Å². The lowest BCUT2D eigenvalue weighted by molar-refractivity contribution is -0.181. The summed E-state index contributed by atoms with van der Waals surface area (Å²) in [6, 6.07) is 4.27. The molecule has 0 heterocycles. The minimum absolute atomic E-state index is 0.0217. The van der Waals surface area contributed by atoms with Gasteiger partial charge in [0.05, 0.1) is 17.5 Å². The molecule has 2 unspecified atom stereocenters. The van der Waals surface area contributed by atoms with Crippen LogP contribution in [0.2, 0.25) is 0 Å². The fraction of sp³-hybridized carbons (Fsp3) is 0.400. The smallest absolute Gasteiger partial charge is 0.235 e. The van der Waals surface area contributed by atoms with E-state index in [9.17, 15) is 38.6 Å². The molecule has 0 bridgehead atoms. The van der Waals surface area contributed by atoms with Crippen molar-refractivity contribution in [2.45, 2.75) is 24.5 Å². The number of nitrogens with two attached hydrogens (primary N) is 1. The van der Waals surface area contributed by atoms with E-state index in [-0.39, 0.29) is 23.8 Å². The maximum absolute atomic E-state index is 13.8. The molecule has 1 amide bonds. The van der Waals surface area contributed by atoms with Crippen LogP contribution >= 0.6 is 0 Å². The molecule has 2 saturated carbocycles. The highest BCUT2D eigenvalue weighted by molar-refractivity contribution is 6.32. The molecular weight excluding hydrogens is 459 g/mol. The Kier molecular flexibility index (Phi) is 4.98. The van der Waals surface area contributed by atoms with E-state index >= 15 is 0 Å². The lowest BCUT2D eigenvalue weighted by atomic mass is 9.52. The third-order valence-corrected chi connectivity index (χ3v) is 7.83. The Bertz CT molecular complexity index is 1370. The summed E-state index contributed by atoms with van der Waals surface area (Å²) in [4.78, 5) is 66.9. The van der Waals surface area contributed by atoms with Crippen molar-refractivity contribution in [3.8, 4) is 5.75 Å². The second-order valence-electron chi connectivity index (χ2n) is 9.91. The number of likely N-dealkylation sites (N-methyl/N-ethyl adjacent to an activating group) is 1. The van der Waals surface area contributed by atoms with Gasteiger partial charge < -0.3 is 15.9 Å². The molecule has 182 valence electrons. The highest BCUT2D eigenvalue weighted by atomic mass is 19.1. The van der Waals surface area contributed by atoms with Gasteiger partial charge in [0.1, 0.15) is 11.6 Å². The van der Waals surface area contributed by atoms with Crippen molar-refractivity contribution in [3.05, 3.63) is 41.2 Å². The number of aromatic hydroxyl groups is 1. The Hall–Kier alpha value is -3.50. The first kappa shape index (κ1) is 23.3. The van der Waals surface area contributed by atoms with Crippen LogP contribution in [0.3, 0.4) is 0 Å². The number of rotatable bonds is 2. The van der Waals surface area contributed by atoms with Crippen LogP contribution in [0.25, 0.3) is 10.8 Å². The van der Waals surface area contributed by atoms with Crippen molar-refractivity contribution in [3.63, 3.8) is 0 Å². The Morgan fingerprint density at radius 2 is 1.83 bits per heavy atom. The Balaban J connectivity index is 1.67. The van der Waals surface area contributed by atoms with Gasteiger partial charge in [-0.3, -0.25) is 28.9 Å². The van der Waals surface area contributed by atoms with Crippen molar-refractivity contribution in [2.24, 2.45) is 29.4 Å². The number of fused-ring (bicyclic) bond motifs is 4. The monoisotopic (exact) mass is 482 g/mol. The summed E-state index contributed by atoms with van der Waals surface area (Å²) in [6.45, 7) is 0. The molecule has 3 aliphatic rings. The van der Waals surface area contributed by atoms with E-state index in [1.165, 1.54) is 31.1 Å². The average molecular weight is 482 g/mol. The summed E-state index contributed by atoms with van der Waals surface area (Å²) in [6.07, 6.45) is 0.138. The Labute approximate surface area is 198 Å². The van der Waals surface area contributed by atoms with Gasteiger partial charge in [-0.2, -0.15) is 0 Å². The number of halogens is 1. The minimum atomic E-state index is -2.77. The second-order valence-corrected chi connectivity index (χ2v) is 9.91. The van der Waals surface area contributed by atoms with Gasteiger partial charge in [0.25, 0.3) is 0 Å². The van der Waals surface area contributed by atoms with E-state index in [0.29, 0.717) is 10.9 Å². The molecule has 3 aliphatic carbocycles. The van der Waals surface area contributed by atoms with Crippen LogP contribution in [0.5, 0.6) is 5.75 Å². The summed E-state index contributed by atoms with van der Waals surface area (Å²) in [5, 5.41) is 23.0. The molecule has 5 rings (SSSR count). The van der Waals surface area contributed by atoms with Gasteiger partial charge >= 0.3 is 0 Å². The van der Waals surface area contributed by atoms with E-state index in [1.807, 2.05) is 0 Å². The summed E-state index contributed by atoms with van der Waals surface area (Å²) >= 11 is 0. The third kappa shape index (κ3) is 2.96. The van der Waals surface area contributed by atoms with Crippen molar-refractivity contribution in [1.29, 1.82) is 0 Å². The molecular formula is C25H23FN2O7. The van der Waals surface area contributed by atoms with Gasteiger partial charge in [-0.1, -0.05) is 12.1 Å². The first-order chi connectivity index (χ1) is 16.4. The lowest BCUT2D eigenvalue weighted by Crippen LogP contribution is -2.74. The quantitative estimate of drug-likeness (QED) is 0.512. The molecule has 2 aromatic carbocycles. The number of nitrogens with zero attached hydrogens (tertiary/aromatic N) is 1. The highest BCUT2D eigenvalue weighted by Gasteiger charge is 2.69. The molecule has 0 spiro atoms. The molecule has 6 atom stereocenters. The molecule has 0 radical (unpaired) electrons. The summed E-state index contributed by atoms with van der Waals surface area (Å²) in [5.41, 5.74) is 2.82. The largest absolute Gasteiger partial charge is 0.507 e. The number of hydrogen-bond donors (Lipinski definition) is 3. The van der Waals surface area contributed by atoms with E-state index in [2.05, 4.69) is 0 Å². The van der Waals surface area contributed by atoms with Gasteiger partial charge in [-0.25, -0.2) is 4.39 Å². The number of phenolic OH excluding ortho intramolecular Hbond substituents is 1. The normalized spacial score (nSPS) is 32.4. The van der Waals surface area contributed by atoms with E-state index in [4.69, 9.17) is 5.73 Å². The standard InChI is InChI=1S/C25H23FN2O7/c1-28(2)18-14-7-11-6-10-5-9-3-4-12(26)8-13(9)19(29)15(10)20(30)16(11)22(32)25(14,35)23(33)17(21(18)31)24(27)34/h3-5,8,11,14,16-18,29,35H,6-7H2,1-2H3,(H2,27,34)/t11-,14-,16?,17?,18-,25-/m0/s1. The number of aliphatic hydroxyl groups is 1. The Morgan fingerprint density at radius 3 is 2.46 bits per heavy atom. The maximum atomic E-state index is 13.8. The number of carbonyl (C=O) groups is 5. The minimum Gasteiger partial charge on any atom is -0.507 e. The second kappa shape index (κ2) is 7.50. The SMILES string of the molecule is CN(C)[C@@H]1C(=O)C(C(N)=O)C(=O)[C@@]2(O)C(=O)C3C(=O)c4c(cc5ccc(F)cc5c4O)C[C@H]3C[C@@H]12. The average Bonchev–Trinajstić information content (AvgIpc) is 2.76. The third-order valence-electron chi connectivity index (χ3n) is 7.83. The highest BCUT2D eigenvalue weighted by Crippen LogP contribution is 2.51. The lowest BCUT2D eigenvalue weighted by Gasteiger charge is -2.52. The van der Waals surface area contributed by atoms with Gasteiger partial charge in [0.15, 0.2) is 34.7 Å². The predicted molar refractivity (Wildman–Crippen MR) is 119 cm³/mol. The first-order valence-corrected chi connectivity index (χ1v) is 11.2. The fourth-order valence-electron chi connectivity index (χ4n) is 6.34. The van der Waals surface area contributed by atoms with Crippen LogP contribution in [0, 0.1) is 29.5 Å². The van der Waals surface area contributed by atoms with E-state index in [0.717, 1.165) is 6.07 Å². The van der Waals surface area contributed by atoms with Crippen molar-refractivity contribution < 1.29 is 38.6 Å². The van der Waals surface area contributed by atoms with Crippen LogP contribution in [-0.2, 0) is 25.6 Å². The van der Waals surface area contributed by atoms with Crippen LogP contribution < -0.4 is 5.73 Å². The Morgan fingerprint density at radius 1 is 1.14 bits per heavy atom. The first-order valence-electron chi connectivity index (χ1n) is 11.2. The van der Waals surface area contributed by atoms with Gasteiger partial charge in [-0.15, -0.1) is 0 Å². The number of hydrogen-bond acceptors (Lipinski definition) is 8. The fourth-order valence-corrected chi connectivity index (χ4v) is 6.34. The number of primary amides is 1. The number of ketones is 4. The van der Waals surface area contributed by atoms with Crippen LogP contribution in [0.4, 0.5) is 4.39 Å². The van der Waals surface area contributed by atoms with E-state index < -0.39 is 75.9 Å². The van der Waals surface area contributed by atoms with Gasteiger partial charge in [0, 0.05) is 11.3 Å². The van der Waals surface area contributed by atoms with Crippen molar-refractivity contribution >= 4 is 39.8 Å². The van der Waals surface area contributed by atoms with Crippen molar-refractivity contribution in [2.75, 3.05) is 14.1 Å². The molecule has 35 heavy (non-hydrogen) atoms. The number of phenols is 1. The van der Waals surface area contributed by atoms with Crippen molar-refractivity contribution in [1.82, 2.24) is 4.90 Å². The zero-order valence-corrected chi connectivity index (χ0v) is 18.9. The molecule has 0 aliphatic heterocycles. The number of amides is 1. The predicted octanol–water partition coefficient (Wildman–Crippen LogP) is 0.159. The summed E-state index contributed by atoms with van der Waals surface area (Å²) in [5.74, 6) is -11.7. The molecule has 4 N–H and O–H groups in total. The molecule has 2 fully saturated rings. The van der Waals surface area contributed by atoms with Crippen LogP contribution in [0.15, 0.2) is 24.3 Å². The summed E-state index contributed by atoms with van der Waals surface area (Å²) in [7, 11) is 3.05. The number of benzene rings is 2.